The number of nitriles is 2. The predicted molar refractivity (Wildman–Crippen MR) is 131 cm³/mol. The topological polar surface area (TPSA) is 116 Å². The number of hydrogen-bond acceptors (Lipinski definition) is 8. The third-order valence-electron chi connectivity index (χ3n) is 5.94. The van der Waals surface area contributed by atoms with Gasteiger partial charge in [0, 0.05) is 18.0 Å². The van der Waals surface area contributed by atoms with Gasteiger partial charge in [0.1, 0.15) is 10.6 Å². The van der Waals surface area contributed by atoms with Crippen LogP contribution in [-0.2, 0) is 24.2 Å². The first-order chi connectivity index (χ1) is 16.5. The Morgan fingerprint density at radius 1 is 1.35 bits per heavy atom. The molecule has 0 bridgehead atoms. The molecule has 0 fully saturated rings. The average Bonchev–Trinajstić information content (AvgIpc) is 3.46. The Labute approximate surface area is 205 Å². The van der Waals surface area contributed by atoms with E-state index in [1.807, 2.05) is 18.2 Å². The summed E-state index contributed by atoms with van der Waals surface area (Å²) in [6, 6.07) is 7.67. The van der Waals surface area contributed by atoms with Crippen LogP contribution in [0.15, 0.2) is 32.8 Å². The lowest BCUT2D eigenvalue weighted by Crippen LogP contribution is -2.34. The molecule has 3 aromatic rings. The van der Waals surface area contributed by atoms with Crippen molar-refractivity contribution >= 4 is 39.2 Å². The number of carbonyl (C=O) groups is 1. The van der Waals surface area contributed by atoms with Gasteiger partial charge in [-0.15, -0.1) is 11.3 Å². The fraction of sp³-hybridized carbons (Fsp3) is 0.458. The molecule has 0 N–H and O–H groups in total. The third-order valence-corrected chi connectivity index (χ3v) is 8.05. The molecule has 4 rings (SSSR count). The molecule has 3 heterocycles. The first-order valence-corrected chi connectivity index (χ1v) is 13.0. The van der Waals surface area contributed by atoms with Crippen molar-refractivity contribution in [3.63, 3.8) is 0 Å². The van der Waals surface area contributed by atoms with E-state index in [1.165, 1.54) is 21.5 Å². The normalized spacial score (nSPS) is 15.0. The lowest BCUT2D eigenvalue weighted by molar-refractivity contribution is -0.128. The molecule has 0 spiro atoms. The minimum Gasteiger partial charge on any atom is -0.467 e. The van der Waals surface area contributed by atoms with E-state index >= 15 is 0 Å². The molecule has 0 aromatic carbocycles. The second kappa shape index (κ2) is 10.9. The number of thiophene rings is 1. The molecule has 176 valence electrons. The quantitative estimate of drug-likeness (QED) is 0.326. The summed E-state index contributed by atoms with van der Waals surface area (Å²) in [5, 5.41) is 18.9. The summed E-state index contributed by atoms with van der Waals surface area (Å²) in [7, 11) is 0. The Balaban J connectivity index is 1.66. The minimum absolute atomic E-state index is 0.0646. The Morgan fingerprint density at radius 2 is 2.12 bits per heavy atom. The number of amides is 1. The standard InChI is InChI=1S/C24H25N5O3S2/c1-16-6-7-18-19(13-16)34-22-21(18)23(31)29(14-17-5-2-12-32-17)24(27-22)33-15-20(30)28(10-3-8-25)11-4-9-26/h2,5,12,16H,3-4,6-7,10-11,13-15H2,1H3. The van der Waals surface area contributed by atoms with Gasteiger partial charge in [0.25, 0.3) is 5.56 Å². The zero-order chi connectivity index (χ0) is 24.1. The molecule has 0 aliphatic heterocycles. The fourth-order valence-electron chi connectivity index (χ4n) is 4.16. The van der Waals surface area contributed by atoms with Crippen molar-refractivity contribution < 1.29 is 9.21 Å². The Hall–Kier alpha value is -3.08. The van der Waals surface area contributed by atoms with Crippen molar-refractivity contribution in [1.82, 2.24) is 14.5 Å². The van der Waals surface area contributed by atoms with Crippen molar-refractivity contribution in [3.8, 4) is 12.1 Å². The van der Waals surface area contributed by atoms with Crippen LogP contribution in [0.5, 0.6) is 0 Å². The fourth-order valence-corrected chi connectivity index (χ4v) is 6.49. The Morgan fingerprint density at radius 3 is 2.79 bits per heavy atom. The number of thioether (sulfide) groups is 1. The summed E-state index contributed by atoms with van der Waals surface area (Å²) in [6.45, 7) is 3.02. The zero-order valence-electron chi connectivity index (χ0n) is 19.0. The summed E-state index contributed by atoms with van der Waals surface area (Å²) in [6.07, 6.45) is 4.87. The van der Waals surface area contributed by atoms with Gasteiger partial charge in [-0.25, -0.2) is 4.98 Å². The molecule has 8 nitrogen and oxygen atoms in total. The number of carbonyl (C=O) groups excluding carboxylic acids is 1. The maximum Gasteiger partial charge on any atom is 0.263 e. The summed E-state index contributed by atoms with van der Waals surface area (Å²) in [5.74, 6) is 1.10. The van der Waals surface area contributed by atoms with Crippen LogP contribution in [0.1, 0.15) is 42.4 Å². The zero-order valence-corrected chi connectivity index (χ0v) is 20.6. The monoisotopic (exact) mass is 495 g/mol. The van der Waals surface area contributed by atoms with E-state index in [0.717, 1.165) is 29.7 Å². The highest BCUT2D eigenvalue weighted by molar-refractivity contribution is 7.99. The maximum absolute atomic E-state index is 13.7. The Bertz CT molecular complexity index is 1300. The highest BCUT2D eigenvalue weighted by Gasteiger charge is 2.25. The van der Waals surface area contributed by atoms with Crippen molar-refractivity contribution in [1.29, 1.82) is 10.5 Å². The molecule has 0 saturated carbocycles. The van der Waals surface area contributed by atoms with Gasteiger partial charge < -0.3 is 9.32 Å². The number of aryl methyl sites for hydroxylation is 1. The molecule has 1 amide bonds. The molecule has 3 aromatic heterocycles. The van der Waals surface area contributed by atoms with Gasteiger partial charge in [0.15, 0.2) is 5.16 Å². The molecule has 1 atom stereocenters. The van der Waals surface area contributed by atoms with Crippen LogP contribution in [0.25, 0.3) is 10.2 Å². The van der Waals surface area contributed by atoms with E-state index in [9.17, 15) is 9.59 Å². The van der Waals surface area contributed by atoms with Crippen LogP contribution in [0.2, 0.25) is 0 Å². The van der Waals surface area contributed by atoms with E-state index in [1.54, 1.807) is 28.2 Å². The largest absolute Gasteiger partial charge is 0.467 e. The summed E-state index contributed by atoms with van der Waals surface area (Å²) >= 11 is 2.79. The predicted octanol–water partition coefficient (Wildman–Crippen LogP) is 3.97. The lowest BCUT2D eigenvalue weighted by atomic mass is 9.89. The van der Waals surface area contributed by atoms with Crippen LogP contribution in [-0.4, -0.2) is 39.2 Å². The van der Waals surface area contributed by atoms with Gasteiger partial charge in [-0.3, -0.25) is 14.2 Å². The van der Waals surface area contributed by atoms with Crippen molar-refractivity contribution in [2.75, 3.05) is 18.8 Å². The molecule has 1 aliphatic carbocycles. The molecule has 1 aliphatic rings. The van der Waals surface area contributed by atoms with Gasteiger partial charge in [0.05, 0.1) is 48.9 Å². The van der Waals surface area contributed by atoms with Crippen LogP contribution >= 0.6 is 23.1 Å². The molecule has 0 saturated heterocycles. The van der Waals surface area contributed by atoms with Crippen LogP contribution < -0.4 is 5.56 Å². The average molecular weight is 496 g/mol. The van der Waals surface area contributed by atoms with Crippen molar-refractivity contribution in [2.24, 2.45) is 5.92 Å². The molecular weight excluding hydrogens is 470 g/mol. The molecular formula is C24H25N5O3S2. The second-order valence-corrected chi connectivity index (χ2v) is 10.4. The first kappa shape index (κ1) is 24.1. The number of rotatable bonds is 9. The van der Waals surface area contributed by atoms with Gasteiger partial charge in [-0.05, 0) is 42.9 Å². The summed E-state index contributed by atoms with van der Waals surface area (Å²) < 4.78 is 7.09. The van der Waals surface area contributed by atoms with Gasteiger partial charge in [0.2, 0.25) is 5.91 Å². The number of nitrogens with zero attached hydrogens (tertiary/aromatic N) is 5. The third kappa shape index (κ3) is 5.19. The van der Waals surface area contributed by atoms with Crippen molar-refractivity contribution in [3.05, 3.63) is 45.0 Å². The van der Waals surface area contributed by atoms with Gasteiger partial charge in [-0.2, -0.15) is 10.5 Å². The molecule has 1 unspecified atom stereocenters. The summed E-state index contributed by atoms with van der Waals surface area (Å²) in [4.78, 5) is 34.8. The van der Waals surface area contributed by atoms with Crippen LogP contribution in [0, 0.1) is 28.6 Å². The van der Waals surface area contributed by atoms with Crippen LogP contribution in [0.3, 0.4) is 0 Å². The SMILES string of the molecule is CC1CCc2c(sc3nc(SCC(=O)N(CCC#N)CCC#N)n(Cc4ccco4)c(=O)c23)C1. The lowest BCUT2D eigenvalue weighted by Gasteiger charge is -2.20. The van der Waals surface area contributed by atoms with Gasteiger partial charge >= 0.3 is 0 Å². The van der Waals surface area contributed by atoms with Gasteiger partial charge in [-0.1, -0.05) is 18.7 Å². The molecule has 10 heteroatoms. The maximum atomic E-state index is 13.7. The Kier molecular flexibility index (Phi) is 7.71. The van der Waals surface area contributed by atoms with E-state index < -0.39 is 0 Å². The highest BCUT2D eigenvalue weighted by Crippen LogP contribution is 2.36. The summed E-state index contributed by atoms with van der Waals surface area (Å²) in [5.41, 5.74) is 1.02. The molecule has 0 radical (unpaired) electrons. The van der Waals surface area contributed by atoms with Crippen molar-refractivity contribution in [2.45, 2.75) is 50.7 Å². The van der Waals surface area contributed by atoms with E-state index in [2.05, 4.69) is 6.92 Å². The van der Waals surface area contributed by atoms with E-state index in [0.29, 0.717) is 22.2 Å². The number of hydrogen-bond donors (Lipinski definition) is 0. The highest BCUT2D eigenvalue weighted by atomic mass is 32.2. The second-order valence-electron chi connectivity index (χ2n) is 8.38. The van der Waals surface area contributed by atoms with Crippen LogP contribution in [0.4, 0.5) is 0 Å². The number of furan rings is 1. The first-order valence-electron chi connectivity index (χ1n) is 11.2. The number of fused-ring (bicyclic) bond motifs is 3. The minimum atomic E-state index is -0.186. The smallest absolute Gasteiger partial charge is 0.263 e. The van der Waals surface area contributed by atoms with E-state index in [4.69, 9.17) is 19.9 Å². The number of aromatic nitrogens is 2. The molecule has 34 heavy (non-hydrogen) atoms. The van der Waals surface area contributed by atoms with E-state index in [-0.39, 0.29) is 49.7 Å².